The van der Waals surface area contributed by atoms with E-state index in [1.807, 2.05) is 18.2 Å². The lowest BCUT2D eigenvalue weighted by molar-refractivity contribution is -0.114. The SMILES string of the molecule is CC(=O)CSCc1ccccc1. The van der Waals surface area contributed by atoms with Gasteiger partial charge in [0.15, 0.2) is 0 Å². The predicted octanol–water partition coefficient (Wildman–Crippen LogP) is 2.51. The van der Waals surface area contributed by atoms with Gasteiger partial charge in [-0.3, -0.25) is 4.79 Å². The van der Waals surface area contributed by atoms with Crippen LogP contribution in [0.4, 0.5) is 0 Å². The summed E-state index contributed by atoms with van der Waals surface area (Å²) in [7, 11) is 0. The molecule has 0 amide bonds. The van der Waals surface area contributed by atoms with Crippen molar-refractivity contribution in [3.63, 3.8) is 0 Å². The van der Waals surface area contributed by atoms with Crippen LogP contribution in [0.3, 0.4) is 0 Å². The molecule has 0 spiro atoms. The van der Waals surface area contributed by atoms with Crippen LogP contribution in [0.25, 0.3) is 0 Å². The third kappa shape index (κ3) is 3.58. The molecule has 0 aliphatic carbocycles. The van der Waals surface area contributed by atoms with Gasteiger partial charge in [-0.25, -0.2) is 0 Å². The minimum absolute atomic E-state index is 0.246. The Kier molecular flexibility index (Phi) is 3.88. The molecule has 0 saturated heterocycles. The Morgan fingerprint density at radius 1 is 1.33 bits per heavy atom. The highest BCUT2D eigenvalue weighted by Gasteiger charge is 1.94. The van der Waals surface area contributed by atoms with Crippen LogP contribution in [0.5, 0.6) is 0 Å². The monoisotopic (exact) mass is 180 g/mol. The zero-order valence-electron chi connectivity index (χ0n) is 7.12. The Hall–Kier alpha value is -0.760. The third-order valence-electron chi connectivity index (χ3n) is 1.42. The predicted molar refractivity (Wildman–Crippen MR) is 53.3 cm³/mol. The first-order valence-electron chi connectivity index (χ1n) is 3.90. The molecule has 12 heavy (non-hydrogen) atoms. The Morgan fingerprint density at radius 2 is 2.00 bits per heavy atom. The van der Waals surface area contributed by atoms with Gasteiger partial charge < -0.3 is 0 Å². The van der Waals surface area contributed by atoms with Gasteiger partial charge >= 0.3 is 0 Å². The van der Waals surface area contributed by atoms with Crippen molar-refractivity contribution >= 4 is 17.5 Å². The average Bonchev–Trinajstić information content (AvgIpc) is 2.05. The molecule has 0 aromatic heterocycles. The molecule has 1 nitrogen and oxygen atoms in total. The van der Waals surface area contributed by atoms with Crippen LogP contribution in [0.15, 0.2) is 30.3 Å². The molecule has 1 aromatic rings. The molecule has 0 radical (unpaired) electrons. The fraction of sp³-hybridized carbons (Fsp3) is 0.300. The fourth-order valence-corrected chi connectivity index (χ4v) is 1.70. The lowest BCUT2D eigenvalue weighted by Gasteiger charge is -1.98. The van der Waals surface area contributed by atoms with Crippen molar-refractivity contribution < 1.29 is 4.79 Å². The maximum atomic E-state index is 10.6. The summed E-state index contributed by atoms with van der Waals surface area (Å²) in [5.74, 6) is 1.80. The summed E-state index contributed by atoms with van der Waals surface area (Å²) < 4.78 is 0. The first-order chi connectivity index (χ1) is 5.79. The van der Waals surface area contributed by atoms with Crippen molar-refractivity contribution in [2.75, 3.05) is 5.75 Å². The summed E-state index contributed by atoms with van der Waals surface area (Å²) in [5.41, 5.74) is 1.28. The van der Waals surface area contributed by atoms with E-state index >= 15 is 0 Å². The van der Waals surface area contributed by atoms with Crippen molar-refractivity contribution in [2.45, 2.75) is 12.7 Å². The number of hydrogen-bond donors (Lipinski definition) is 0. The number of benzene rings is 1. The van der Waals surface area contributed by atoms with E-state index in [0.717, 1.165) is 5.75 Å². The van der Waals surface area contributed by atoms with E-state index in [1.165, 1.54) is 5.56 Å². The summed E-state index contributed by atoms with van der Waals surface area (Å²) in [6.07, 6.45) is 0. The molecule has 0 bridgehead atoms. The van der Waals surface area contributed by atoms with Gasteiger partial charge in [0.25, 0.3) is 0 Å². The molecule has 0 aliphatic heterocycles. The van der Waals surface area contributed by atoms with Crippen molar-refractivity contribution in [3.8, 4) is 0 Å². The normalized spacial score (nSPS) is 9.75. The van der Waals surface area contributed by atoms with Crippen LogP contribution in [0.2, 0.25) is 0 Å². The van der Waals surface area contributed by atoms with Crippen LogP contribution >= 0.6 is 11.8 Å². The van der Waals surface area contributed by atoms with Gasteiger partial charge in [-0.15, -0.1) is 11.8 Å². The summed E-state index contributed by atoms with van der Waals surface area (Å²) >= 11 is 1.66. The van der Waals surface area contributed by atoms with E-state index in [-0.39, 0.29) is 5.78 Å². The molecule has 0 N–H and O–H groups in total. The van der Waals surface area contributed by atoms with Crippen LogP contribution in [0, 0.1) is 0 Å². The highest BCUT2D eigenvalue weighted by atomic mass is 32.2. The van der Waals surface area contributed by atoms with Gasteiger partial charge in [0.2, 0.25) is 0 Å². The van der Waals surface area contributed by atoms with E-state index in [1.54, 1.807) is 18.7 Å². The van der Waals surface area contributed by atoms with Crippen LogP contribution < -0.4 is 0 Å². The van der Waals surface area contributed by atoms with E-state index < -0.39 is 0 Å². The van der Waals surface area contributed by atoms with Crippen molar-refractivity contribution in [2.24, 2.45) is 0 Å². The van der Waals surface area contributed by atoms with Crippen LogP contribution in [0.1, 0.15) is 12.5 Å². The molecule has 2 heteroatoms. The minimum atomic E-state index is 0.246. The Morgan fingerprint density at radius 3 is 2.58 bits per heavy atom. The molecule has 0 atom stereocenters. The Balaban J connectivity index is 2.29. The molecule has 0 heterocycles. The van der Waals surface area contributed by atoms with E-state index in [0.29, 0.717) is 5.75 Å². The van der Waals surface area contributed by atoms with E-state index in [9.17, 15) is 4.79 Å². The lowest BCUT2D eigenvalue weighted by atomic mass is 10.2. The molecular weight excluding hydrogens is 168 g/mol. The van der Waals surface area contributed by atoms with E-state index in [4.69, 9.17) is 0 Å². The number of carbonyl (C=O) groups is 1. The van der Waals surface area contributed by atoms with Gasteiger partial charge in [-0.2, -0.15) is 0 Å². The fourth-order valence-electron chi connectivity index (χ4n) is 0.887. The second-order valence-corrected chi connectivity index (χ2v) is 3.67. The molecule has 0 unspecified atom stereocenters. The molecule has 0 aliphatic rings. The van der Waals surface area contributed by atoms with Gasteiger partial charge in [0, 0.05) is 5.75 Å². The minimum Gasteiger partial charge on any atom is -0.299 e. The molecule has 64 valence electrons. The highest BCUT2D eigenvalue weighted by molar-refractivity contribution is 7.99. The quantitative estimate of drug-likeness (QED) is 0.708. The topological polar surface area (TPSA) is 17.1 Å². The third-order valence-corrected chi connectivity index (χ3v) is 2.56. The smallest absolute Gasteiger partial charge is 0.139 e. The average molecular weight is 180 g/mol. The Bertz CT molecular complexity index is 243. The van der Waals surface area contributed by atoms with Gasteiger partial charge in [-0.1, -0.05) is 30.3 Å². The largest absolute Gasteiger partial charge is 0.299 e. The van der Waals surface area contributed by atoms with Crippen molar-refractivity contribution in [1.82, 2.24) is 0 Å². The summed E-state index contributed by atoms with van der Waals surface area (Å²) in [4.78, 5) is 10.6. The number of thioether (sulfide) groups is 1. The molecule has 0 saturated carbocycles. The number of hydrogen-bond acceptors (Lipinski definition) is 2. The molecule has 1 rings (SSSR count). The first-order valence-corrected chi connectivity index (χ1v) is 5.05. The summed E-state index contributed by atoms with van der Waals surface area (Å²) in [6, 6.07) is 10.2. The van der Waals surface area contributed by atoms with Gasteiger partial charge in [0.1, 0.15) is 5.78 Å². The number of Topliss-reactive ketones (excluding diaryl/α,β-unsaturated/α-hetero) is 1. The summed E-state index contributed by atoms with van der Waals surface area (Å²) in [5, 5.41) is 0. The second kappa shape index (κ2) is 4.99. The van der Waals surface area contributed by atoms with Gasteiger partial charge in [0.05, 0.1) is 5.75 Å². The van der Waals surface area contributed by atoms with Crippen LogP contribution in [-0.2, 0) is 10.5 Å². The van der Waals surface area contributed by atoms with Crippen LogP contribution in [-0.4, -0.2) is 11.5 Å². The molecular formula is C10H12OS. The number of rotatable bonds is 4. The first kappa shape index (κ1) is 9.33. The highest BCUT2D eigenvalue weighted by Crippen LogP contribution is 2.10. The standard InChI is InChI=1S/C10H12OS/c1-9(11)7-12-8-10-5-3-2-4-6-10/h2-6H,7-8H2,1H3. The zero-order chi connectivity index (χ0) is 8.81. The molecule has 1 aromatic carbocycles. The molecule has 0 fully saturated rings. The van der Waals surface area contributed by atoms with Crippen molar-refractivity contribution in [1.29, 1.82) is 0 Å². The zero-order valence-corrected chi connectivity index (χ0v) is 7.93. The lowest BCUT2D eigenvalue weighted by Crippen LogP contribution is -1.93. The maximum absolute atomic E-state index is 10.6. The maximum Gasteiger partial charge on any atom is 0.139 e. The second-order valence-electron chi connectivity index (χ2n) is 2.68. The summed E-state index contributed by atoms with van der Waals surface area (Å²) in [6.45, 7) is 1.62. The van der Waals surface area contributed by atoms with E-state index in [2.05, 4.69) is 12.1 Å². The number of carbonyl (C=O) groups excluding carboxylic acids is 1. The van der Waals surface area contributed by atoms with Gasteiger partial charge in [-0.05, 0) is 12.5 Å². The Labute approximate surface area is 77.2 Å². The van der Waals surface area contributed by atoms with Crippen molar-refractivity contribution in [3.05, 3.63) is 35.9 Å². The number of ketones is 1.